The molecular formula is C26H22ClFN4O5. The molecule has 2 aromatic carbocycles. The smallest absolute Gasteiger partial charge is 0.338 e. The molecule has 5 rings (SSSR count). The van der Waals surface area contributed by atoms with Gasteiger partial charge < -0.3 is 14.2 Å². The standard InChI is InChI=1S/C26H22ClFN4O5/c1-25(28)24(32-15-31-19-20(27)29-14-30-21(19)32)36-18(13-35-22(33)16-9-5-3-6-10-16)26(25,2)37-23(34)17-11-7-4-8-12-17/h3-12,14-15,18,24H,13H2,1-2H3/t18-,24-,25+,26-/m1/s1. The van der Waals surface area contributed by atoms with Gasteiger partial charge in [-0.05, 0) is 38.1 Å². The SMILES string of the molecule is C[C@]1(F)[C@H](n2cnc3c(Cl)ncnc32)O[C@H](COC(=O)c2ccccc2)[C@@]1(C)OC(=O)c1ccccc1. The number of fused-ring (bicyclic) bond motifs is 1. The number of halogens is 2. The third-order valence-electron chi connectivity index (χ3n) is 6.60. The fraction of sp³-hybridized carbons (Fsp3) is 0.269. The van der Waals surface area contributed by atoms with Crippen LogP contribution in [0.1, 0.15) is 40.8 Å². The van der Waals surface area contributed by atoms with E-state index in [9.17, 15) is 9.59 Å². The van der Waals surface area contributed by atoms with Crippen molar-refractivity contribution in [2.75, 3.05) is 6.61 Å². The molecule has 190 valence electrons. The van der Waals surface area contributed by atoms with Crippen LogP contribution in [0.5, 0.6) is 0 Å². The van der Waals surface area contributed by atoms with Gasteiger partial charge in [-0.3, -0.25) is 4.57 Å². The summed E-state index contributed by atoms with van der Waals surface area (Å²) in [7, 11) is 0. The third kappa shape index (κ3) is 4.32. The fourth-order valence-corrected chi connectivity index (χ4v) is 4.47. The van der Waals surface area contributed by atoms with Crippen molar-refractivity contribution in [1.29, 1.82) is 0 Å². The van der Waals surface area contributed by atoms with Crippen molar-refractivity contribution in [2.24, 2.45) is 0 Å². The molecule has 0 radical (unpaired) electrons. The number of hydrogen-bond acceptors (Lipinski definition) is 8. The van der Waals surface area contributed by atoms with E-state index in [0.717, 1.165) is 0 Å². The second-order valence-corrected chi connectivity index (χ2v) is 9.23. The first kappa shape index (κ1) is 24.8. The number of rotatable bonds is 6. The van der Waals surface area contributed by atoms with Crippen LogP contribution in [0.25, 0.3) is 11.2 Å². The monoisotopic (exact) mass is 524 g/mol. The Kier molecular flexibility index (Phi) is 6.38. The van der Waals surface area contributed by atoms with Crippen molar-refractivity contribution < 1.29 is 28.2 Å². The summed E-state index contributed by atoms with van der Waals surface area (Å²) in [6.45, 7) is 2.28. The molecule has 4 aromatic rings. The molecule has 1 fully saturated rings. The van der Waals surface area contributed by atoms with E-state index >= 15 is 4.39 Å². The van der Waals surface area contributed by atoms with Crippen molar-refractivity contribution in [3.8, 4) is 0 Å². The maximum atomic E-state index is 16.8. The number of nitrogens with zero attached hydrogens (tertiary/aromatic N) is 4. The lowest BCUT2D eigenvalue weighted by atomic mass is 9.84. The van der Waals surface area contributed by atoms with E-state index in [-0.39, 0.29) is 28.5 Å². The molecular weight excluding hydrogens is 503 g/mol. The number of esters is 2. The largest absolute Gasteiger partial charge is 0.459 e. The first-order chi connectivity index (χ1) is 17.7. The van der Waals surface area contributed by atoms with Crippen LogP contribution >= 0.6 is 11.6 Å². The number of carbonyl (C=O) groups is 2. The lowest BCUT2D eigenvalue weighted by Gasteiger charge is -2.37. The molecule has 0 unspecified atom stereocenters. The highest BCUT2D eigenvalue weighted by molar-refractivity contribution is 6.33. The van der Waals surface area contributed by atoms with Crippen LogP contribution in [0.2, 0.25) is 5.15 Å². The summed E-state index contributed by atoms with van der Waals surface area (Å²) in [6, 6.07) is 16.5. The van der Waals surface area contributed by atoms with E-state index in [1.807, 2.05) is 0 Å². The van der Waals surface area contributed by atoms with Crippen LogP contribution in [0.4, 0.5) is 4.39 Å². The molecule has 1 aliphatic rings. The molecule has 1 saturated heterocycles. The molecule has 0 saturated carbocycles. The van der Waals surface area contributed by atoms with Crippen molar-refractivity contribution in [3.05, 3.63) is 89.6 Å². The van der Waals surface area contributed by atoms with Gasteiger partial charge in [0.25, 0.3) is 0 Å². The quantitative estimate of drug-likeness (QED) is 0.266. The van der Waals surface area contributed by atoms with Gasteiger partial charge >= 0.3 is 11.9 Å². The van der Waals surface area contributed by atoms with Gasteiger partial charge in [-0.15, -0.1) is 0 Å². The lowest BCUT2D eigenvalue weighted by Crippen LogP contribution is -2.55. The van der Waals surface area contributed by atoms with Gasteiger partial charge in [0.05, 0.1) is 17.5 Å². The summed E-state index contributed by atoms with van der Waals surface area (Å²) >= 11 is 6.12. The average molecular weight is 525 g/mol. The zero-order valence-corrected chi connectivity index (χ0v) is 20.6. The lowest BCUT2D eigenvalue weighted by molar-refractivity contribution is -0.104. The summed E-state index contributed by atoms with van der Waals surface area (Å²) in [6.07, 6.45) is 0.0205. The number of imidazole rings is 1. The highest BCUT2D eigenvalue weighted by atomic mass is 35.5. The number of aromatic nitrogens is 4. The maximum Gasteiger partial charge on any atom is 0.338 e. The third-order valence-corrected chi connectivity index (χ3v) is 6.87. The molecule has 1 aliphatic heterocycles. The van der Waals surface area contributed by atoms with E-state index in [0.29, 0.717) is 5.56 Å². The molecule has 0 bridgehead atoms. The van der Waals surface area contributed by atoms with E-state index in [1.165, 1.54) is 31.1 Å². The van der Waals surface area contributed by atoms with Gasteiger partial charge in [0, 0.05) is 0 Å². The molecule has 0 amide bonds. The Hall–Kier alpha value is -3.89. The molecule has 3 heterocycles. The second kappa shape index (κ2) is 9.53. The summed E-state index contributed by atoms with van der Waals surface area (Å²) < 4.78 is 35.5. The summed E-state index contributed by atoms with van der Waals surface area (Å²) in [4.78, 5) is 37.9. The second-order valence-electron chi connectivity index (χ2n) is 8.87. The van der Waals surface area contributed by atoms with E-state index in [1.54, 1.807) is 60.7 Å². The fourth-order valence-electron chi connectivity index (χ4n) is 4.29. The van der Waals surface area contributed by atoms with Crippen molar-refractivity contribution in [1.82, 2.24) is 19.5 Å². The Morgan fingerprint density at radius 3 is 2.27 bits per heavy atom. The number of carbonyl (C=O) groups excluding carboxylic acids is 2. The van der Waals surface area contributed by atoms with Crippen LogP contribution in [0.3, 0.4) is 0 Å². The highest BCUT2D eigenvalue weighted by Crippen LogP contribution is 2.51. The highest BCUT2D eigenvalue weighted by Gasteiger charge is 2.67. The minimum atomic E-state index is -2.33. The molecule has 0 N–H and O–H groups in total. The first-order valence-corrected chi connectivity index (χ1v) is 11.8. The van der Waals surface area contributed by atoms with Gasteiger partial charge in [-0.2, -0.15) is 0 Å². The first-order valence-electron chi connectivity index (χ1n) is 11.4. The van der Waals surface area contributed by atoms with Gasteiger partial charge in [0.15, 0.2) is 28.3 Å². The molecule has 37 heavy (non-hydrogen) atoms. The minimum Gasteiger partial charge on any atom is -0.459 e. The molecule has 0 aliphatic carbocycles. The molecule has 9 nitrogen and oxygen atoms in total. The number of benzene rings is 2. The van der Waals surface area contributed by atoms with Crippen LogP contribution in [0.15, 0.2) is 73.3 Å². The predicted octanol–water partition coefficient (Wildman–Crippen LogP) is 4.58. The van der Waals surface area contributed by atoms with E-state index in [2.05, 4.69) is 15.0 Å². The Morgan fingerprint density at radius 1 is 1.00 bits per heavy atom. The van der Waals surface area contributed by atoms with Crippen molar-refractivity contribution in [2.45, 2.75) is 37.4 Å². The number of hydrogen-bond donors (Lipinski definition) is 0. The Labute approximate surface area is 216 Å². The van der Waals surface area contributed by atoms with Crippen LogP contribution in [-0.4, -0.2) is 55.4 Å². The normalized spacial score (nSPS) is 25.2. The molecule has 0 spiro atoms. The summed E-state index contributed by atoms with van der Waals surface area (Å²) in [5.74, 6) is -1.38. The van der Waals surface area contributed by atoms with Crippen molar-refractivity contribution in [3.63, 3.8) is 0 Å². The van der Waals surface area contributed by atoms with Gasteiger partial charge in [0.1, 0.15) is 24.6 Å². The zero-order chi connectivity index (χ0) is 26.2. The Morgan fingerprint density at radius 2 is 1.62 bits per heavy atom. The van der Waals surface area contributed by atoms with Gasteiger partial charge in [-0.25, -0.2) is 28.9 Å². The molecule has 2 aromatic heterocycles. The Bertz CT molecular complexity index is 1450. The topological polar surface area (TPSA) is 105 Å². The van der Waals surface area contributed by atoms with Crippen molar-refractivity contribution >= 4 is 34.7 Å². The van der Waals surface area contributed by atoms with E-state index in [4.69, 9.17) is 25.8 Å². The maximum absolute atomic E-state index is 16.8. The van der Waals surface area contributed by atoms with Crippen LogP contribution in [-0.2, 0) is 14.2 Å². The van der Waals surface area contributed by atoms with E-state index < -0.39 is 35.5 Å². The molecule has 11 heteroatoms. The van der Waals surface area contributed by atoms with Gasteiger partial charge in [-0.1, -0.05) is 48.0 Å². The van der Waals surface area contributed by atoms with Crippen LogP contribution < -0.4 is 0 Å². The van der Waals surface area contributed by atoms with Crippen LogP contribution in [0, 0.1) is 0 Å². The Balaban J connectivity index is 1.50. The average Bonchev–Trinajstić information content (AvgIpc) is 3.41. The summed E-state index contributed by atoms with van der Waals surface area (Å²) in [5, 5.41) is 0.0916. The molecule has 4 atom stereocenters. The number of alkyl halides is 1. The summed E-state index contributed by atoms with van der Waals surface area (Å²) in [5.41, 5.74) is -3.18. The minimum absolute atomic E-state index is 0.0916. The number of ether oxygens (including phenoxy) is 3. The predicted molar refractivity (Wildman–Crippen MR) is 131 cm³/mol. The van der Waals surface area contributed by atoms with Gasteiger partial charge in [0.2, 0.25) is 0 Å². The zero-order valence-electron chi connectivity index (χ0n) is 19.9.